The fraction of sp³-hybridized carbons (Fsp3) is 0.368. The van der Waals surface area contributed by atoms with Gasteiger partial charge in [0.25, 0.3) is 5.78 Å². The summed E-state index contributed by atoms with van der Waals surface area (Å²) in [6.07, 6.45) is 3.19. The number of hydrogen-bond acceptors (Lipinski definition) is 5. The molecule has 0 aliphatic carbocycles. The molecule has 0 radical (unpaired) electrons. The van der Waals surface area contributed by atoms with Gasteiger partial charge in [-0.3, -0.25) is 4.79 Å². The van der Waals surface area contributed by atoms with Crippen LogP contribution < -0.4 is 10.2 Å². The lowest BCUT2D eigenvalue weighted by atomic mass is 9.97. The second kappa shape index (κ2) is 7.30. The van der Waals surface area contributed by atoms with E-state index in [0.29, 0.717) is 17.9 Å². The number of fused-ring (bicyclic) bond motifs is 1. The van der Waals surface area contributed by atoms with Crippen molar-refractivity contribution in [1.82, 2.24) is 24.9 Å². The van der Waals surface area contributed by atoms with Gasteiger partial charge in [0.15, 0.2) is 0 Å². The van der Waals surface area contributed by atoms with Crippen molar-refractivity contribution >= 4 is 17.5 Å². The van der Waals surface area contributed by atoms with Gasteiger partial charge in [-0.15, -0.1) is 0 Å². The van der Waals surface area contributed by atoms with Gasteiger partial charge in [-0.25, -0.2) is 9.37 Å². The molecule has 1 aliphatic rings. The van der Waals surface area contributed by atoms with Crippen molar-refractivity contribution in [2.75, 3.05) is 18.0 Å². The summed E-state index contributed by atoms with van der Waals surface area (Å²) in [5, 5.41) is 7.12. The number of benzene rings is 1. The third-order valence-electron chi connectivity index (χ3n) is 4.89. The molecule has 1 saturated heterocycles. The Hall–Kier alpha value is -3.03. The second-order valence-corrected chi connectivity index (χ2v) is 6.82. The van der Waals surface area contributed by atoms with Crippen LogP contribution in [-0.4, -0.2) is 38.6 Å². The molecule has 0 saturated carbocycles. The number of anilines is 1. The maximum atomic E-state index is 13.7. The largest absolute Gasteiger partial charge is 0.356 e. The summed E-state index contributed by atoms with van der Waals surface area (Å²) in [5.41, 5.74) is 1.35. The van der Waals surface area contributed by atoms with Gasteiger partial charge in [-0.2, -0.15) is 14.6 Å². The van der Waals surface area contributed by atoms with Crippen molar-refractivity contribution in [3.63, 3.8) is 0 Å². The molecule has 0 unspecified atom stereocenters. The van der Waals surface area contributed by atoms with Gasteiger partial charge in [0.05, 0.1) is 5.92 Å². The molecule has 1 atom stereocenters. The molecule has 3 aromatic rings. The Labute approximate surface area is 156 Å². The van der Waals surface area contributed by atoms with E-state index in [1.807, 2.05) is 13.0 Å². The molecular weight excluding hydrogens is 347 g/mol. The number of nitrogens with zero attached hydrogens (tertiary/aromatic N) is 5. The third-order valence-corrected chi connectivity index (χ3v) is 4.89. The van der Waals surface area contributed by atoms with Gasteiger partial charge in [0.2, 0.25) is 5.91 Å². The van der Waals surface area contributed by atoms with Gasteiger partial charge < -0.3 is 10.2 Å². The highest BCUT2D eigenvalue weighted by molar-refractivity contribution is 5.79. The lowest BCUT2D eigenvalue weighted by Crippen LogP contribution is -2.43. The number of aromatic nitrogens is 4. The minimum Gasteiger partial charge on any atom is -0.356 e. The lowest BCUT2D eigenvalue weighted by Gasteiger charge is -2.33. The van der Waals surface area contributed by atoms with Crippen LogP contribution in [0.3, 0.4) is 0 Å². The standard InChI is InChI=1S/C19H21FN6O/c1-13-9-17(26-19(24-13)22-12-23-26)25-8-4-6-15(11-25)18(27)21-10-14-5-2-3-7-16(14)20/h2-3,5,7,9,12,15H,4,6,8,10-11H2,1H3,(H,21,27)/t15-/m0/s1. The van der Waals surface area contributed by atoms with Crippen molar-refractivity contribution < 1.29 is 9.18 Å². The monoisotopic (exact) mass is 368 g/mol. The molecule has 27 heavy (non-hydrogen) atoms. The summed E-state index contributed by atoms with van der Waals surface area (Å²) in [6.45, 7) is 3.54. The minimum atomic E-state index is -0.302. The summed E-state index contributed by atoms with van der Waals surface area (Å²) in [6, 6.07) is 8.45. The maximum Gasteiger partial charge on any atom is 0.254 e. The van der Waals surface area contributed by atoms with E-state index in [4.69, 9.17) is 0 Å². The maximum absolute atomic E-state index is 13.7. The van der Waals surface area contributed by atoms with E-state index in [0.717, 1.165) is 30.9 Å². The average molecular weight is 368 g/mol. The van der Waals surface area contributed by atoms with Crippen LogP contribution in [-0.2, 0) is 11.3 Å². The number of halogens is 1. The highest BCUT2D eigenvalue weighted by Gasteiger charge is 2.27. The number of hydrogen-bond donors (Lipinski definition) is 1. The van der Waals surface area contributed by atoms with E-state index in [9.17, 15) is 9.18 Å². The molecule has 4 rings (SSSR count). The lowest BCUT2D eigenvalue weighted by molar-refractivity contribution is -0.125. The Morgan fingerprint density at radius 1 is 1.37 bits per heavy atom. The van der Waals surface area contributed by atoms with E-state index in [1.165, 1.54) is 12.4 Å². The van der Waals surface area contributed by atoms with E-state index in [1.54, 1.807) is 22.7 Å². The van der Waals surface area contributed by atoms with Crippen LogP contribution >= 0.6 is 0 Å². The van der Waals surface area contributed by atoms with Crippen molar-refractivity contribution in [3.8, 4) is 0 Å². The normalized spacial score (nSPS) is 17.3. The summed E-state index contributed by atoms with van der Waals surface area (Å²) in [7, 11) is 0. The predicted molar refractivity (Wildman–Crippen MR) is 98.7 cm³/mol. The average Bonchev–Trinajstić information content (AvgIpc) is 3.15. The van der Waals surface area contributed by atoms with Gasteiger partial charge in [-0.1, -0.05) is 18.2 Å². The molecule has 1 N–H and O–H groups in total. The number of nitrogens with one attached hydrogen (secondary N) is 1. The third kappa shape index (κ3) is 3.60. The van der Waals surface area contributed by atoms with Crippen LogP contribution in [0.4, 0.5) is 10.2 Å². The minimum absolute atomic E-state index is 0.0523. The molecular formula is C19H21FN6O. The van der Waals surface area contributed by atoms with Crippen LogP contribution in [0.2, 0.25) is 0 Å². The van der Waals surface area contributed by atoms with Crippen LogP contribution in [0.25, 0.3) is 5.78 Å². The Kier molecular flexibility index (Phi) is 4.70. The summed E-state index contributed by atoms with van der Waals surface area (Å²) in [5.74, 6) is 0.933. The molecule has 140 valence electrons. The first-order valence-electron chi connectivity index (χ1n) is 9.05. The van der Waals surface area contributed by atoms with Gasteiger partial charge in [-0.05, 0) is 25.8 Å². The Balaban J connectivity index is 1.47. The van der Waals surface area contributed by atoms with Gasteiger partial charge in [0.1, 0.15) is 18.0 Å². The zero-order chi connectivity index (χ0) is 18.8. The quantitative estimate of drug-likeness (QED) is 0.763. The predicted octanol–water partition coefficient (Wildman–Crippen LogP) is 2.10. The van der Waals surface area contributed by atoms with Crippen LogP contribution in [0.5, 0.6) is 0 Å². The van der Waals surface area contributed by atoms with E-state index >= 15 is 0 Å². The molecule has 2 aromatic heterocycles. The van der Waals surface area contributed by atoms with Crippen LogP contribution in [0, 0.1) is 18.7 Å². The van der Waals surface area contributed by atoms with Crippen molar-refractivity contribution in [2.24, 2.45) is 5.92 Å². The SMILES string of the molecule is Cc1cc(N2CCC[C@H](C(=O)NCc3ccccc3F)C2)n2ncnc2n1. The van der Waals surface area contributed by atoms with Gasteiger partial charge >= 0.3 is 0 Å². The summed E-state index contributed by atoms with van der Waals surface area (Å²) < 4.78 is 15.4. The Morgan fingerprint density at radius 3 is 3.07 bits per heavy atom. The smallest absolute Gasteiger partial charge is 0.254 e. The van der Waals surface area contributed by atoms with E-state index in [-0.39, 0.29) is 24.2 Å². The van der Waals surface area contributed by atoms with Crippen LogP contribution in [0.15, 0.2) is 36.7 Å². The number of carbonyl (C=O) groups is 1. The summed E-state index contributed by atoms with van der Waals surface area (Å²) in [4.78, 5) is 23.3. The van der Waals surface area contributed by atoms with E-state index < -0.39 is 0 Å². The zero-order valence-corrected chi connectivity index (χ0v) is 15.1. The Morgan fingerprint density at radius 2 is 2.22 bits per heavy atom. The molecule has 1 fully saturated rings. The fourth-order valence-electron chi connectivity index (χ4n) is 3.50. The van der Waals surface area contributed by atoms with Crippen molar-refractivity contribution in [1.29, 1.82) is 0 Å². The molecule has 8 heteroatoms. The molecule has 0 spiro atoms. The molecule has 0 bridgehead atoms. The number of aryl methyl sites for hydroxylation is 1. The number of amides is 1. The van der Waals surface area contributed by atoms with Crippen LogP contribution in [0.1, 0.15) is 24.1 Å². The number of carbonyl (C=O) groups excluding carboxylic acids is 1. The van der Waals surface area contributed by atoms with Gasteiger partial charge in [0, 0.05) is 37.0 Å². The fourth-order valence-corrected chi connectivity index (χ4v) is 3.50. The number of rotatable bonds is 4. The molecule has 1 aliphatic heterocycles. The van der Waals surface area contributed by atoms with Crippen molar-refractivity contribution in [3.05, 3.63) is 53.7 Å². The molecule has 1 aromatic carbocycles. The first kappa shape index (κ1) is 17.4. The van der Waals surface area contributed by atoms with Crippen molar-refractivity contribution in [2.45, 2.75) is 26.3 Å². The molecule has 3 heterocycles. The highest BCUT2D eigenvalue weighted by Crippen LogP contribution is 2.24. The topological polar surface area (TPSA) is 75.4 Å². The first-order chi connectivity index (χ1) is 13.1. The number of piperidine rings is 1. The Bertz CT molecular complexity index is 972. The summed E-state index contributed by atoms with van der Waals surface area (Å²) >= 11 is 0. The van der Waals surface area contributed by atoms with E-state index in [2.05, 4.69) is 25.3 Å². The highest BCUT2D eigenvalue weighted by atomic mass is 19.1. The zero-order valence-electron chi connectivity index (χ0n) is 15.1. The molecule has 1 amide bonds. The molecule has 7 nitrogen and oxygen atoms in total. The first-order valence-corrected chi connectivity index (χ1v) is 9.05. The second-order valence-electron chi connectivity index (χ2n) is 6.82.